The largest absolute Gasteiger partial charge is 0.462 e. The Morgan fingerprint density at radius 2 is 2.12 bits per heavy atom. The highest BCUT2D eigenvalue weighted by atomic mass is 35.5. The first-order chi connectivity index (χ1) is 12.1. The van der Waals surface area contributed by atoms with E-state index in [1.165, 1.54) is 6.07 Å². The number of hydrogen-bond donors (Lipinski definition) is 3. The summed E-state index contributed by atoms with van der Waals surface area (Å²) in [7, 11) is 0. The lowest BCUT2D eigenvalue weighted by Gasteiger charge is -2.28. The Labute approximate surface area is 158 Å². The molecule has 0 aromatic heterocycles. The van der Waals surface area contributed by atoms with Crippen LogP contribution in [0.15, 0.2) is 29.5 Å². The molecule has 3 N–H and O–H groups in total. The van der Waals surface area contributed by atoms with Crippen LogP contribution in [0.5, 0.6) is 0 Å². The Balaban J connectivity index is 2.03. The summed E-state index contributed by atoms with van der Waals surface area (Å²) >= 11 is 10.5. The minimum atomic E-state index is -4.56. The van der Waals surface area contributed by atoms with Gasteiger partial charge in [0, 0.05) is 12.1 Å². The highest BCUT2D eigenvalue weighted by molar-refractivity contribution is 7.80. The van der Waals surface area contributed by atoms with E-state index in [4.69, 9.17) is 28.6 Å². The van der Waals surface area contributed by atoms with Crippen molar-refractivity contribution in [2.24, 2.45) is 0 Å². The molecule has 1 aliphatic heterocycles. The third-order valence-corrected chi connectivity index (χ3v) is 4.27. The second-order valence-corrected chi connectivity index (χ2v) is 6.39. The van der Waals surface area contributed by atoms with E-state index in [1.54, 1.807) is 6.92 Å². The molecular weight excluding hydrogens is 393 g/mol. The highest BCUT2D eigenvalue weighted by Crippen LogP contribution is 2.35. The number of aliphatic hydroxyl groups excluding tert-OH is 1. The Bertz CT molecular complexity index is 753. The van der Waals surface area contributed by atoms with Gasteiger partial charge in [-0.05, 0) is 36.8 Å². The summed E-state index contributed by atoms with van der Waals surface area (Å²) in [4.78, 5) is 12.2. The number of hydrogen-bond acceptors (Lipinski definition) is 4. The standard InChI is InChI=1S/C16H16ClF3N2O3S/c1-8-13(12(7-23)22-15(26)21-8)14(24)25-5-4-9-2-3-11(17)10(6-9)16(18,19)20/h2-3,6,12,23H,4-5,7H2,1H3,(H2,21,22,26). The molecule has 0 saturated carbocycles. The molecule has 0 bridgehead atoms. The fourth-order valence-corrected chi connectivity index (χ4v) is 3.00. The van der Waals surface area contributed by atoms with Crippen LogP contribution in [-0.4, -0.2) is 35.4 Å². The molecule has 142 valence electrons. The van der Waals surface area contributed by atoms with Gasteiger partial charge in [-0.1, -0.05) is 17.7 Å². The monoisotopic (exact) mass is 408 g/mol. The van der Waals surface area contributed by atoms with Gasteiger partial charge in [-0.2, -0.15) is 13.2 Å². The van der Waals surface area contributed by atoms with Crippen LogP contribution in [0.1, 0.15) is 18.1 Å². The zero-order valence-electron chi connectivity index (χ0n) is 13.6. The van der Waals surface area contributed by atoms with E-state index in [-0.39, 0.29) is 35.3 Å². The Morgan fingerprint density at radius 1 is 1.42 bits per heavy atom. The van der Waals surface area contributed by atoms with Gasteiger partial charge in [-0.25, -0.2) is 4.79 Å². The first-order valence-corrected chi connectivity index (χ1v) is 8.34. The number of carbonyl (C=O) groups excluding carboxylic acids is 1. The number of carbonyl (C=O) groups is 1. The van der Waals surface area contributed by atoms with E-state index in [1.807, 2.05) is 0 Å². The van der Waals surface area contributed by atoms with Crippen molar-refractivity contribution < 1.29 is 27.8 Å². The van der Waals surface area contributed by atoms with E-state index in [9.17, 15) is 23.1 Å². The van der Waals surface area contributed by atoms with Gasteiger partial charge in [0.1, 0.15) is 0 Å². The third-order valence-electron chi connectivity index (χ3n) is 3.72. The predicted octanol–water partition coefficient (Wildman–Crippen LogP) is 2.56. The molecule has 1 aromatic carbocycles. The maximum absolute atomic E-state index is 12.9. The van der Waals surface area contributed by atoms with Gasteiger partial charge >= 0.3 is 12.1 Å². The topological polar surface area (TPSA) is 70.6 Å². The molecule has 1 aromatic rings. The number of rotatable bonds is 5. The number of benzene rings is 1. The van der Waals surface area contributed by atoms with Gasteiger partial charge < -0.3 is 20.5 Å². The lowest BCUT2D eigenvalue weighted by molar-refractivity contribution is -0.140. The predicted molar refractivity (Wildman–Crippen MR) is 93.6 cm³/mol. The van der Waals surface area contributed by atoms with Crippen molar-refractivity contribution >= 4 is 34.9 Å². The summed E-state index contributed by atoms with van der Waals surface area (Å²) in [6.07, 6.45) is -4.47. The first kappa shape index (κ1) is 20.5. The number of aliphatic hydroxyl groups is 1. The summed E-state index contributed by atoms with van der Waals surface area (Å²) in [5.74, 6) is -0.686. The van der Waals surface area contributed by atoms with Crippen LogP contribution in [0, 0.1) is 0 Å². The molecular formula is C16H16ClF3N2O3S. The summed E-state index contributed by atoms with van der Waals surface area (Å²) in [6.45, 7) is 1.12. The molecule has 1 heterocycles. The molecule has 5 nitrogen and oxygen atoms in total. The van der Waals surface area contributed by atoms with Gasteiger partial charge in [-0.15, -0.1) is 0 Å². The van der Waals surface area contributed by atoms with Gasteiger partial charge in [0.05, 0.1) is 35.4 Å². The minimum absolute atomic E-state index is 0.0847. The van der Waals surface area contributed by atoms with Gasteiger partial charge in [0.25, 0.3) is 0 Å². The van der Waals surface area contributed by atoms with E-state index >= 15 is 0 Å². The molecule has 1 unspecified atom stereocenters. The minimum Gasteiger partial charge on any atom is -0.462 e. The molecule has 10 heteroatoms. The summed E-state index contributed by atoms with van der Waals surface area (Å²) in [5.41, 5.74) is 0.0351. The number of halogens is 4. The zero-order chi connectivity index (χ0) is 19.5. The molecule has 1 aliphatic rings. The molecule has 0 fully saturated rings. The normalized spacial score (nSPS) is 17.6. The SMILES string of the molecule is CC1=C(C(=O)OCCc2ccc(Cl)c(C(F)(F)F)c2)C(CO)NC(=S)N1. The lowest BCUT2D eigenvalue weighted by atomic mass is 10.0. The van der Waals surface area contributed by atoms with E-state index in [0.717, 1.165) is 12.1 Å². The second kappa shape index (κ2) is 8.24. The number of nitrogens with one attached hydrogen (secondary N) is 2. The van der Waals surface area contributed by atoms with Crippen LogP contribution in [0.2, 0.25) is 5.02 Å². The average molecular weight is 409 g/mol. The average Bonchev–Trinajstić information content (AvgIpc) is 2.54. The molecule has 1 atom stereocenters. The lowest BCUT2D eigenvalue weighted by Crippen LogP contribution is -2.51. The zero-order valence-corrected chi connectivity index (χ0v) is 15.2. The fourth-order valence-electron chi connectivity index (χ4n) is 2.48. The molecule has 0 saturated heterocycles. The maximum atomic E-state index is 12.9. The van der Waals surface area contributed by atoms with Crippen LogP contribution >= 0.6 is 23.8 Å². The van der Waals surface area contributed by atoms with Gasteiger partial charge in [0.15, 0.2) is 5.11 Å². The number of esters is 1. The van der Waals surface area contributed by atoms with Crippen LogP contribution in [0.25, 0.3) is 0 Å². The van der Waals surface area contributed by atoms with Crippen molar-refractivity contribution in [3.05, 3.63) is 45.6 Å². The van der Waals surface area contributed by atoms with E-state index in [2.05, 4.69) is 10.6 Å². The van der Waals surface area contributed by atoms with Crippen LogP contribution in [0.4, 0.5) is 13.2 Å². The third kappa shape index (κ3) is 4.87. The Hall–Kier alpha value is -1.84. The number of allylic oxidation sites excluding steroid dienone is 1. The number of alkyl halides is 3. The summed E-state index contributed by atoms with van der Waals surface area (Å²) in [5, 5.41) is 14.8. The van der Waals surface area contributed by atoms with Crippen molar-refractivity contribution in [2.75, 3.05) is 13.2 Å². The Kier molecular flexibility index (Phi) is 6.48. The van der Waals surface area contributed by atoms with Crippen LogP contribution in [-0.2, 0) is 22.1 Å². The van der Waals surface area contributed by atoms with Crippen LogP contribution in [0.3, 0.4) is 0 Å². The second-order valence-electron chi connectivity index (χ2n) is 5.57. The Morgan fingerprint density at radius 3 is 2.73 bits per heavy atom. The van der Waals surface area contributed by atoms with Crippen molar-refractivity contribution in [3.8, 4) is 0 Å². The molecule has 0 amide bonds. The van der Waals surface area contributed by atoms with Gasteiger partial charge in [-0.3, -0.25) is 0 Å². The first-order valence-electron chi connectivity index (χ1n) is 7.55. The highest BCUT2D eigenvalue weighted by Gasteiger charge is 2.33. The molecule has 0 radical (unpaired) electrons. The maximum Gasteiger partial charge on any atom is 0.417 e. The molecule has 26 heavy (non-hydrogen) atoms. The summed E-state index contributed by atoms with van der Waals surface area (Å²) < 4.78 is 43.7. The smallest absolute Gasteiger partial charge is 0.417 e. The van der Waals surface area contributed by atoms with Gasteiger partial charge in [0.2, 0.25) is 0 Å². The van der Waals surface area contributed by atoms with Crippen molar-refractivity contribution in [3.63, 3.8) is 0 Å². The van der Waals surface area contributed by atoms with Crippen molar-refractivity contribution in [1.82, 2.24) is 10.6 Å². The molecule has 2 rings (SSSR count). The number of ether oxygens (including phenoxy) is 1. The molecule has 0 spiro atoms. The summed E-state index contributed by atoms with van der Waals surface area (Å²) in [6, 6.07) is 2.82. The van der Waals surface area contributed by atoms with E-state index < -0.39 is 23.8 Å². The number of thiocarbonyl (C=S) groups is 1. The quantitative estimate of drug-likeness (QED) is 0.514. The van der Waals surface area contributed by atoms with Crippen molar-refractivity contribution in [2.45, 2.75) is 25.6 Å². The van der Waals surface area contributed by atoms with E-state index in [0.29, 0.717) is 11.3 Å². The molecule has 0 aliphatic carbocycles. The van der Waals surface area contributed by atoms with Crippen molar-refractivity contribution in [1.29, 1.82) is 0 Å². The van der Waals surface area contributed by atoms with Crippen LogP contribution < -0.4 is 10.6 Å². The fraction of sp³-hybridized carbons (Fsp3) is 0.375.